The summed E-state index contributed by atoms with van der Waals surface area (Å²) in [6, 6.07) is 9.94. The number of carbonyl (C=O) groups is 5. The van der Waals surface area contributed by atoms with Crippen molar-refractivity contribution in [2.45, 2.75) is 82.9 Å². The van der Waals surface area contributed by atoms with Crippen molar-refractivity contribution in [3.8, 4) is 0 Å². The fourth-order valence-corrected chi connectivity index (χ4v) is 6.39. The normalized spacial score (nSPS) is 18.9. The number of hydrogen-bond donors (Lipinski definition) is 4. The molecule has 0 aromatic heterocycles. The highest BCUT2D eigenvalue weighted by Gasteiger charge is 2.47. The molecule has 2 aromatic rings. The van der Waals surface area contributed by atoms with Crippen molar-refractivity contribution >= 4 is 41.2 Å². The molecule has 4 atom stereocenters. The van der Waals surface area contributed by atoms with E-state index in [4.69, 9.17) is 16.3 Å². The highest BCUT2D eigenvalue weighted by atomic mass is 35.5. The molecule has 1 aliphatic heterocycles. The van der Waals surface area contributed by atoms with Gasteiger partial charge in [0.1, 0.15) is 6.04 Å². The number of amides is 4. The lowest BCUT2D eigenvalue weighted by molar-refractivity contribution is -0.141. The van der Waals surface area contributed by atoms with Crippen molar-refractivity contribution in [3.05, 3.63) is 70.7 Å². The third-order valence-corrected chi connectivity index (χ3v) is 9.39. The van der Waals surface area contributed by atoms with Crippen molar-refractivity contribution in [2.24, 2.45) is 11.3 Å². The number of Topliss-reactive ketones (excluding diaryl/α,β-unsaturated/α-hetero) is 1. The molecule has 1 saturated heterocycles. The summed E-state index contributed by atoms with van der Waals surface area (Å²) in [5, 5.41) is 10.3. The Balaban J connectivity index is 1.60. The van der Waals surface area contributed by atoms with E-state index in [9.17, 15) is 24.0 Å². The average molecular weight is 675 g/mol. The molecule has 1 aliphatic carbocycles. The fourth-order valence-electron chi connectivity index (χ4n) is 6.19. The Kier molecular flexibility index (Phi) is 11.9. The molecule has 2 aliphatic rings. The van der Waals surface area contributed by atoms with Crippen LogP contribution in [0.5, 0.6) is 0 Å². The van der Waals surface area contributed by atoms with Crippen LogP contribution in [0.25, 0.3) is 0 Å². The van der Waals surface area contributed by atoms with Crippen molar-refractivity contribution in [2.75, 3.05) is 13.1 Å². The lowest BCUT2D eigenvalue weighted by atomic mass is 9.63. The molecule has 1 saturated carbocycles. The lowest BCUT2D eigenvalue weighted by Gasteiger charge is -2.43. The highest BCUT2D eigenvalue weighted by molar-refractivity contribution is 6.38. The van der Waals surface area contributed by atoms with Crippen molar-refractivity contribution in [3.63, 3.8) is 0 Å². The average Bonchev–Trinajstić information content (AvgIpc) is 3.44. The minimum atomic E-state index is -3.72. The second kappa shape index (κ2) is 15.7. The summed E-state index contributed by atoms with van der Waals surface area (Å²) in [7, 11) is 0. The van der Waals surface area contributed by atoms with E-state index >= 15 is 8.78 Å². The maximum atomic E-state index is 16.0. The predicted octanol–water partition coefficient (Wildman–Crippen LogP) is 4.95. The predicted molar refractivity (Wildman–Crippen MR) is 170 cm³/mol. The van der Waals surface area contributed by atoms with Crippen LogP contribution in [0.4, 0.5) is 13.6 Å². The number of benzene rings is 2. The van der Waals surface area contributed by atoms with Gasteiger partial charge < -0.3 is 26.0 Å². The molecule has 4 N–H and O–H groups in total. The van der Waals surface area contributed by atoms with E-state index in [1.807, 2.05) is 6.92 Å². The van der Waals surface area contributed by atoms with E-state index in [0.717, 1.165) is 25.3 Å². The van der Waals surface area contributed by atoms with Gasteiger partial charge in [-0.2, -0.15) is 8.78 Å². The van der Waals surface area contributed by atoms with E-state index in [0.29, 0.717) is 19.4 Å². The molecule has 13 heteroatoms. The number of nitrogens with one attached hydrogen (secondary N) is 4. The summed E-state index contributed by atoms with van der Waals surface area (Å²) in [6.07, 6.45) is 0.279. The molecule has 1 heterocycles. The Bertz CT molecular complexity index is 1450. The number of carbonyl (C=O) groups excluding carboxylic acids is 5. The summed E-state index contributed by atoms with van der Waals surface area (Å²) in [6.45, 7) is 4.17. The molecule has 254 valence electrons. The minimum absolute atomic E-state index is 0.0140. The van der Waals surface area contributed by atoms with Crippen LogP contribution in [0, 0.1) is 11.3 Å². The van der Waals surface area contributed by atoms with E-state index in [-0.39, 0.29) is 41.3 Å². The Morgan fingerprint density at radius 3 is 2.34 bits per heavy atom. The van der Waals surface area contributed by atoms with Gasteiger partial charge in [0.2, 0.25) is 17.6 Å². The van der Waals surface area contributed by atoms with Gasteiger partial charge in [0, 0.05) is 29.6 Å². The molecule has 0 unspecified atom stereocenters. The molecule has 2 aromatic carbocycles. The number of hydrogen-bond acceptors (Lipinski definition) is 6. The van der Waals surface area contributed by atoms with Crippen molar-refractivity contribution in [1.82, 2.24) is 21.3 Å². The Hall–Kier alpha value is -4.06. The molecule has 4 rings (SSSR count). The van der Waals surface area contributed by atoms with Crippen LogP contribution in [0.15, 0.2) is 54.6 Å². The van der Waals surface area contributed by atoms with Crippen LogP contribution in [-0.4, -0.2) is 54.8 Å². The third-order valence-electron chi connectivity index (χ3n) is 9.15. The van der Waals surface area contributed by atoms with Gasteiger partial charge in [-0.25, -0.2) is 4.79 Å². The summed E-state index contributed by atoms with van der Waals surface area (Å²) >= 11 is 6.00. The number of alkyl halides is 2. The van der Waals surface area contributed by atoms with Gasteiger partial charge in [-0.1, -0.05) is 73.8 Å². The zero-order valence-corrected chi connectivity index (χ0v) is 27.2. The maximum Gasteiger partial charge on any atom is 0.408 e. The number of alkyl carbamates (subject to hydrolysis) is 1. The van der Waals surface area contributed by atoms with Gasteiger partial charge in [-0.3, -0.25) is 19.2 Å². The summed E-state index contributed by atoms with van der Waals surface area (Å²) < 4.78 is 37.4. The SMILES string of the molecule is CCNC(=O)C(=O)[C@H](C[C@@H]1CCNC1=O)NC(=O)[C@H](CC1(CC)CCC1)NC(=O)O[C@H](c1ccccc1)C(F)(F)c1cccc(Cl)c1. The quantitative estimate of drug-likeness (QED) is 0.197. The smallest absolute Gasteiger partial charge is 0.408 e. The molecule has 47 heavy (non-hydrogen) atoms. The van der Waals surface area contributed by atoms with Crippen LogP contribution in [-0.2, 0) is 29.8 Å². The van der Waals surface area contributed by atoms with Crippen LogP contribution in [0.3, 0.4) is 0 Å². The number of likely N-dealkylation sites (N-methyl/N-ethyl adjacent to an activating group) is 1. The summed E-state index contributed by atoms with van der Waals surface area (Å²) in [4.78, 5) is 65.2. The first-order chi connectivity index (χ1) is 22.4. The highest BCUT2D eigenvalue weighted by Crippen LogP contribution is 2.48. The zero-order chi connectivity index (χ0) is 34.2. The molecule has 0 radical (unpaired) electrons. The molecule has 4 amide bonds. The van der Waals surface area contributed by atoms with E-state index in [1.165, 1.54) is 42.5 Å². The van der Waals surface area contributed by atoms with Gasteiger partial charge in [0.05, 0.1) is 6.04 Å². The van der Waals surface area contributed by atoms with Gasteiger partial charge in [0.15, 0.2) is 6.10 Å². The molecular formula is C34H41ClF2N4O6. The van der Waals surface area contributed by atoms with Crippen LogP contribution < -0.4 is 21.3 Å². The van der Waals surface area contributed by atoms with Crippen LogP contribution in [0.2, 0.25) is 5.02 Å². The van der Waals surface area contributed by atoms with Gasteiger partial charge >= 0.3 is 12.0 Å². The number of ether oxygens (including phenoxy) is 1. The van der Waals surface area contributed by atoms with Crippen LogP contribution in [0.1, 0.15) is 76.0 Å². The standard InChI is InChI=1S/C34H41ClF2N4O6/c1-3-33(15-9-16-33)20-26(30(44)40-25(27(42)31(45)38-4-2)18-22-14-17-39-29(22)43)41-32(46)47-28(21-10-6-5-7-11-21)34(36,37)23-12-8-13-24(35)19-23/h5-8,10-13,19,22,25-26,28H,3-4,9,14-18,20H2,1-2H3,(H,38,45)(H,39,43)(H,40,44)(H,41,46)/t22-,25-,26-,28+/m0/s1. The van der Waals surface area contributed by atoms with E-state index in [2.05, 4.69) is 21.3 Å². The second-order valence-corrected chi connectivity index (χ2v) is 12.7. The van der Waals surface area contributed by atoms with Gasteiger partial charge in [0.25, 0.3) is 5.91 Å². The summed E-state index contributed by atoms with van der Waals surface area (Å²) in [5.41, 5.74) is -0.758. The maximum absolute atomic E-state index is 16.0. The molecular weight excluding hydrogens is 634 g/mol. The molecule has 0 spiro atoms. The monoisotopic (exact) mass is 674 g/mol. The Morgan fingerprint density at radius 2 is 1.77 bits per heavy atom. The fraction of sp³-hybridized carbons (Fsp3) is 0.500. The molecule has 10 nitrogen and oxygen atoms in total. The van der Waals surface area contributed by atoms with E-state index < -0.39 is 59.3 Å². The first-order valence-corrected chi connectivity index (χ1v) is 16.3. The third kappa shape index (κ3) is 8.85. The van der Waals surface area contributed by atoms with Crippen LogP contribution >= 0.6 is 11.6 Å². The van der Waals surface area contributed by atoms with Gasteiger partial charge in [-0.05, 0) is 62.1 Å². The first kappa shape index (κ1) is 35.8. The minimum Gasteiger partial charge on any atom is -0.434 e. The second-order valence-electron chi connectivity index (χ2n) is 12.2. The lowest BCUT2D eigenvalue weighted by Crippen LogP contribution is -2.56. The number of halogens is 3. The topological polar surface area (TPSA) is 143 Å². The Morgan fingerprint density at radius 1 is 1.04 bits per heavy atom. The molecule has 2 fully saturated rings. The molecule has 0 bridgehead atoms. The van der Waals surface area contributed by atoms with Gasteiger partial charge in [-0.15, -0.1) is 0 Å². The van der Waals surface area contributed by atoms with E-state index in [1.54, 1.807) is 13.0 Å². The van der Waals surface area contributed by atoms with Crippen molar-refractivity contribution < 1.29 is 37.5 Å². The Labute approximate surface area is 277 Å². The largest absolute Gasteiger partial charge is 0.434 e. The number of rotatable bonds is 15. The summed E-state index contributed by atoms with van der Waals surface area (Å²) in [5.74, 6) is -7.26. The number of ketones is 1. The van der Waals surface area contributed by atoms with Crippen molar-refractivity contribution in [1.29, 1.82) is 0 Å². The first-order valence-electron chi connectivity index (χ1n) is 15.9. The zero-order valence-electron chi connectivity index (χ0n) is 26.5.